The van der Waals surface area contributed by atoms with Crippen LogP contribution in [0.5, 0.6) is 0 Å². The van der Waals surface area contributed by atoms with Crippen molar-refractivity contribution in [2.45, 2.75) is 40.5 Å². The first-order valence-electron chi connectivity index (χ1n) is 7.27. The third kappa shape index (κ3) is 3.53. The summed E-state index contributed by atoms with van der Waals surface area (Å²) in [7, 11) is 2.02. The lowest BCUT2D eigenvalue weighted by Crippen LogP contribution is -2.15. The molecule has 0 aliphatic rings. The van der Waals surface area contributed by atoms with Crippen LogP contribution < -0.4 is 4.90 Å². The molecule has 0 aliphatic carbocycles. The van der Waals surface area contributed by atoms with Gasteiger partial charge in [-0.25, -0.2) is 9.97 Å². The van der Waals surface area contributed by atoms with Crippen LogP contribution in [0.1, 0.15) is 35.9 Å². The molecule has 0 unspecified atom stereocenters. The van der Waals surface area contributed by atoms with Crippen LogP contribution in [0, 0.1) is 20.8 Å². The molecule has 0 spiro atoms. The van der Waals surface area contributed by atoms with E-state index in [0.717, 1.165) is 35.7 Å². The Bertz CT molecular complexity index is 632. The molecule has 1 aromatic carbocycles. The summed E-state index contributed by atoms with van der Waals surface area (Å²) in [6.07, 6.45) is 1.85. The maximum Gasteiger partial charge on any atom is 0.140 e. The van der Waals surface area contributed by atoms with Gasteiger partial charge in [0, 0.05) is 24.7 Å². The Morgan fingerprint density at radius 1 is 1.05 bits per heavy atom. The molecule has 0 bridgehead atoms. The SMILES string of the molecule is CCCc1nc(Cl)c(C)c(N(C)c2cc(C)cc(C)c2)n1. The molecule has 0 saturated carbocycles. The molecule has 1 heterocycles. The Morgan fingerprint density at radius 2 is 1.67 bits per heavy atom. The predicted octanol–water partition coefficient (Wildman–Crippen LogP) is 4.78. The molecule has 4 heteroatoms. The van der Waals surface area contributed by atoms with Crippen molar-refractivity contribution in [1.82, 2.24) is 9.97 Å². The number of halogens is 1. The van der Waals surface area contributed by atoms with Crippen molar-refractivity contribution in [3.63, 3.8) is 0 Å². The normalized spacial score (nSPS) is 10.8. The van der Waals surface area contributed by atoms with Crippen molar-refractivity contribution in [3.8, 4) is 0 Å². The molecule has 2 rings (SSSR count). The van der Waals surface area contributed by atoms with Crippen LogP contribution in [0.25, 0.3) is 0 Å². The van der Waals surface area contributed by atoms with Crippen molar-refractivity contribution in [3.05, 3.63) is 45.9 Å². The Labute approximate surface area is 132 Å². The topological polar surface area (TPSA) is 29.0 Å². The Hall–Kier alpha value is -1.61. The lowest BCUT2D eigenvalue weighted by molar-refractivity contribution is 0.826. The van der Waals surface area contributed by atoms with Crippen LogP contribution in [0.3, 0.4) is 0 Å². The van der Waals surface area contributed by atoms with E-state index in [1.54, 1.807) is 0 Å². The molecular formula is C17H22ClN3. The lowest BCUT2D eigenvalue weighted by atomic mass is 10.1. The Morgan fingerprint density at radius 3 is 2.24 bits per heavy atom. The first-order chi connectivity index (χ1) is 9.92. The molecule has 0 saturated heterocycles. The van der Waals surface area contributed by atoms with Crippen LogP contribution in [-0.4, -0.2) is 17.0 Å². The van der Waals surface area contributed by atoms with E-state index in [9.17, 15) is 0 Å². The second-order valence-corrected chi connectivity index (χ2v) is 5.89. The zero-order valence-electron chi connectivity index (χ0n) is 13.4. The van der Waals surface area contributed by atoms with Gasteiger partial charge in [0.1, 0.15) is 16.8 Å². The summed E-state index contributed by atoms with van der Waals surface area (Å²) in [6.45, 7) is 8.29. The molecular weight excluding hydrogens is 282 g/mol. The molecule has 0 atom stereocenters. The average molecular weight is 304 g/mol. The van der Waals surface area contributed by atoms with E-state index in [0.29, 0.717) is 5.15 Å². The minimum Gasteiger partial charge on any atom is -0.329 e. The van der Waals surface area contributed by atoms with E-state index >= 15 is 0 Å². The highest BCUT2D eigenvalue weighted by Crippen LogP contribution is 2.29. The molecule has 2 aromatic rings. The highest BCUT2D eigenvalue weighted by Gasteiger charge is 2.14. The van der Waals surface area contributed by atoms with Crippen molar-refractivity contribution in [1.29, 1.82) is 0 Å². The number of hydrogen-bond acceptors (Lipinski definition) is 3. The van der Waals surface area contributed by atoms with E-state index < -0.39 is 0 Å². The van der Waals surface area contributed by atoms with Gasteiger partial charge in [0.15, 0.2) is 0 Å². The number of anilines is 2. The second-order valence-electron chi connectivity index (χ2n) is 5.53. The van der Waals surface area contributed by atoms with Crippen LogP contribution in [0.4, 0.5) is 11.5 Å². The quantitative estimate of drug-likeness (QED) is 0.761. The summed E-state index contributed by atoms with van der Waals surface area (Å²) >= 11 is 6.27. The van der Waals surface area contributed by atoms with Crippen molar-refractivity contribution in [2.24, 2.45) is 0 Å². The van der Waals surface area contributed by atoms with E-state index in [1.165, 1.54) is 11.1 Å². The van der Waals surface area contributed by atoms with Gasteiger partial charge >= 0.3 is 0 Å². The van der Waals surface area contributed by atoms with Crippen LogP contribution >= 0.6 is 11.6 Å². The molecule has 0 fully saturated rings. The van der Waals surface area contributed by atoms with Gasteiger partial charge in [0.05, 0.1) is 0 Å². The predicted molar refractivity (Wildman–Crippen MR) is 89.8 cm³/mol. The van der Waals surface area contributed by atoms with Gasteiger partial charge in [-0.15, -0.1) is 0 Å². The summed E-state index contributed by atoms with van der Waals surface area (Å²) < 4.78 is 0. The molecule has 3 nitrogen and oxygen atoms in total. The second kappa shape index (κ2) is 6.44. The number of hydrogen-bond donors (Lipinski definition) is 0. The number of nitrogens with zero attached hydrogens (tertiary/aromatic N) is 3. The van der Waals surface area contributed by atoms with E-state index in [2.05, 4.69) is 53.8 Å². The fourth-order valence-electron chi connectivity index (χ4n) is 2.45. The molecule has 0 N–H and O–H groups in total. The number of aryl methyl sites for hydroxylation is 3. The van der Waals surface area contributed by atoms with E-state index in [4.69, 9.17) is 11.6 Å². The first kappa shape index (κ1) is 15.8. The summed E-state index contributed by atoms with van der Waals surface area (Å²) in [5, 5.41) is 0.541. The van der Waals surface area contributed by atoms with Crippen LogP contribution in [-0.2, 0) is 6.42 Å². The van der Waals surface area contributed by atoms with Gasteiger partial charge in [0.2, 0.25) is 0 Å². The molecule has 21 heavy (non-hydrogen) atoms. The maximum atomic E-state index is 6.27. The van der Waals surface area contributed by atoms with Gasteiger partial charge in [-0.1, -0.05) is 24.6 Å². The van der Waals surface area contributed by atoms with Gasteiger partial charge < -0.3 is 4.90 Å². The van der Waals surface area contributed by atoms with Crippen LogP contribution in [0.15, 0.2) is 18.2 Å². The number of rotatable bonds is 4. The Kier molecular flexibility index (Phi) is 4.84. The fraction of sp³-hybridized carbons (Fsp3) is 0.412. The molecule has 0 radical (unpaired) electrons. The summed E-state index contributed by atoms with van der Waals surface area (Å²) in [5.41, 5.74) is 4.51. The van der Waals surface area contributed by atoms with Gasteiger partial charge in [-0.3, -0.25) is 0 Å². The molecule has 1 aromatic heterocycles. The Balaban J connectivity index is 2.48. The van der Waals surface area contributed by atoms with E-state index in [1.807, 2.05) is 14.0 Å². The zero-order valence-corrected chi connectivity index (χ0v) is 14.1. The maximum absolute atomic E-state index is 6.27. The number of benzene rings is 1. The lowest BCUT2D eigenvalue weighted by Gasteiger charge is -2.22. The monoisotopic (exact) mass is 303 g/mol. The zero-order chi connectivity index (χ0) is 15.6. The minimum atomic E-state index is 0.541. The number of aromatic nitrogens is 2. The van der Waals surface area contributed by atoms with Gasteiger partial charge in [-0.2, -0.15) is 0 Å². The van der Waals surface area contributed by atoms with Gasteiger partial charge in [-0.05, 0) is 50.5 Å². The fourth-order valence-corrected chi connectivity index (χ4v) is 2.63. The van der Waals surface area contributed by atoms with E-state index in [-0.39, 0.29) is 0 Å². The highest BCUT2D eigenvalue weighted by atomic mass is 35.5. The minimum absolute atomic E-state index is 0.541. The molecule has 112 valence electrons. The smallest absolute Gasteiger partial charge is 0.140 e. The largest absolute Gasteiger partial charge is 0.329 e. The van der Waals surface area contributed by atoms with Crippen molar-refractivity contribution < 1.29 is 0 Å². The standard InChI is InChI=1S/C17H22ClN3/c1-6-7-15-19-16(18)13(4)17(20-15)21(5)14-9-11(2)8-12(3)10-14/h8-10H,6-7H2,1-5H3. The third-order valence-corrected chi connectivity index (χ3v) is 3.86. The molecule has 0 amide bonds. The first-order valence-corrected chi connectivity index (χ1v) is 7.65. The summed E-state index contributed by atoms with van der Waals surface area (Å²) in [5.74, 6) is 1.68. The van der Waals surface area contributed by atoms with Crippen molar-refractivity contribution >= 4 is 23.1 Å². The average Bonchev–Trinajstić information content (AvgIpc) is 2.41. The summed E-state index contributed by atoms with van der Waals surface area (Å²) in [4.78, 5) is 11.1. The third-order valence-electron chi connectivity index (χ3n) is 3.49. The van der Waals surface area contributed by atoms with Gasteiger partial charge in [0.25, 0.3) is 0 Å². The van der Waals surface area contributed by atoms with Crippen LogP contribution in [0.2, 0.25) is 5.15 Å². The van der Waals surface area contributed by atoms with Crippen molar-refractivity contribution in [2.75, 3.05) is 11.9 Å². The molecule has 0 aliphatic heterocycles. The summed E-state index contributed by atoms with van der Waals surface area (Å²) in [6, 6.07) is 6.48. The highest BCUT2D eigenvalue weighted by molar-refractivity contribution is 6.30.